The van der Waals surface area contributed by atoms with Crippen molar-refractivity contribution in [3.8, 4) is 12.3 Å². The van der Waals surface area contributed by atoms with Crippen molar-refractivity contribution in [1.29, 1.82) is 0 Å². The Bertz CT molecular complexity index is 120. The Morgan fingerprint density at radius 3 is 2.20 bits per heavy atom. The fourth-order valence-electron chi connectivity index (χ4n) is 0.733. The Morgan fingerprint density at radius 2 is 1.90 bits per heavy atom. The summed E-state index contributed by atoms with van der Waals surface area (Å²) in [6.07, 6.45) is 7.62. The zero-order valence-corrected chi connectivity index (χ0v) is 7.57. The van der Waals surface area contributed by atoms with Gasteiger partial charge in [-0.25, -0.2) is 0 Å². The zero-order valence-electron chi connectivity index (χ0n) is 7.57. The molecule has 0 saturated heterocycles. The van der Waals surface area contributed by atoms with Gasteiger partial charge < -0.3 is 0 Å². The molecule has 0 aromatic carbocycles. The average Bonchev–Trinajstić information content (AvgIpc) is 1.81. The van der Waals surface area contributed by atoms with E-state index in [2.05, 4.69) is 33.6 Å². The third kappa shape index (κ3) is 5.69. The highest BCUT2D eigenvalue weighted by atomic mass is 14.2. The van der Waals surface area contributed by atoms with E-state index in [-0.39, 0.29) is 0 Å². The van der Waals surface area contributed by atoms with Gasteiger partial charge in [0.15, 0.2) is 0 Å². The number of hydrogen-bond acceptors (Lipinski definition) is 0. The summed E-state index contributed by atoms with van der Waals surface area (Å²) in [5.41, 5.74) is 0.436. The van der Waals surface area contributed by atoms with Crippen LogP contribution in [0.1, 0.15) is 40.5 Å². The molecule has 0 aliphatic heterocycles. The first-order valence-corrected chi connectivity index (χ1v) is 3.92. The van der Waals surface area contributed by atoms with E-state index in [1.54, 1.807) is 0 Å². The van der Waals surface area contributed by atoms with Crippen molar-refractivity contribution in [3.05, 3.63) is 0 Å². The van der Waals surface area contributed by atoms with Crippen molar-refractivity contribution >= 4 is 0 Å². The lowest BCUT2D eigenvalue weighted by molar-refractivity contribution is 0.349. The van der Waals surface area contributed by atoms with Crippen LogP contribution in [-0.4, -0.2) is 0 Å². The van der Waals surface area contributed by atoms with Crippen LogP contribution in [0.25, 0.3) is 0 Å². The second-order valence-corrected chi connectivity index (χ2v) is 4.17. The minimum absolute atomic E-state index is 0.436. The lowest BCUT2D eigenvalue weighted by Gasteiger charge is -2.18. The van der Waals surface area contributed by atoms with E-state index in [0.29, 0.717) is 11.3 Å². The van der Waals surface area contributed by atoms with Crippen LogP contribution < -0.4 is 0 Å². The van der Waals surface area contributed by atoms with Gasteiger partial charge in [0.05, 0.1) is 0 Å². The molecule has 0 heteroatoms. The van der Waals surface area contributed by atoms with E-state index in [0.717, 1.165) is 6.42 Å². The van der Waals surface area contributed by atoms with Gasteiger partial charge in [-0.15, -0.1) is 12.3 Å². The van der Waals surface area contributed by atoms with Crippen LogP contribution in [0.2, 0.25) is 0 Å². The van der Waals surface area contributed by atoms with Crippen LogP contribution >= 0.6 is 0 Å². The Balaban J connectivity index is 3.48. The Labute approximate surface area is 65.0 Å². The first-order valence-electron chi connectivity index (χ1n) is 3.92. The molecule has 1 atom stereocenters. The summed E-state index contributed by atoms with van der Waals surface area (Å²) in [6, 6.07) is 0. The minimum Gasteiger partial charge on any atom is -0.120 e. The molecule has 0 bridgehead atoms. The summed E-state index contributed by atoms with van der Waals surface area (Å²) >= 11 is 0. The molecule has 0 aliphatic rings. The van der Waals surface area contributed by atoms with Crippen LogP contribution in [-0.2, 0) is 0 Å². The van der Waals surface area contributed by atoms with Crippen molar-refractivity contribution in [1.82, 2.24) is 0 Å². The molecule has 0 amide bonds. The maximum atomic E-state index is 5.25. The van der Waals surface area contributed by atoms with E-state index >= 15 is 0 Å². The normalized spacial score (nSPS) is 14.3. The minimum atomic E-state index is 0.436. The zero-order chi connectivity index (χ0) is 8.20. The molecule has 0 fully saturated rings. The standard InChI is InChI=1S/C10H18/c1-6-9(2)7-8-10(3,4)5/h1,9H,7-8H2,2-5H3. The van der Waals surface area contributed by atoms with E-state index < -0.39 is 0 Å². The molecule has 0 saturated carbocycles. The fourth-order valence-corrected chi connectivity index (χ4v) is 0.733. The summed E-state index contributed by atoms with van der Waals surface area (Å²) < 4.78 is 0. The molecule has 0 heterocycles. The first-order chi connectivity index (χ1) is 4.45. The van der Waals surface area contributed by atoms with E-state index in [9.17, 15) is 0 Å². The van der Waals surface area contributed by atoms with Gasteiger partial charge in [0.1, 0.15) is 0 Å². The Hall–Kier alpha value is -0.440. The molecule has 0 aromatic rings. The largest absolute Gasteiger partial charge is 0.120 e. The van der Waals surface area contributed by atoms with Gasteiger partial charge >= 0.3 is 0 Å². The Kier molecular flexibility index (Phi) is 3.50. The molecule has 0 nitrogen and oxygen atoms in total. The van der Waals surface area contributed by atoms with Crippen LogP contribution in [0, 0.1) is 23.7 Å². The highest BCUT2D eigenvalue weighted by Crippen LogP contribution is 2.22. The van der Waals surface area contributed by atoms with Crippen molar-refractivity contribution in [2.24, 2.45) is 11.3 Å². The molecule has 0 rings (SSSR count). The van der Waals surface area contributed by atoms with E-state index in [1.807, 2.05) is 0 Å². The third-order valence-electron chi connectivity index (χ3n) is 1.61. The SMILES string of the molecule is C#CC(C)CCC(C)(C)C. The summed E-state index contributed by atoms with van der Waals surface area (Å²) in [5.74, 6) is 3.18. The van der Waals surface area contributed by atoms with Crippen molar-refractivity contribution in [2.75, 3.05) is 0 Å². The monoisotopic (exact) mass is 138 g/mol. The van der Waals surface area contributed by atoms with Gasteiger partial charge in [-0.3, -0.25) is 0 Å². The summed E-state index contributed by atoms with van der Waals surface area (Å²) in [5, 5.41) is 0. The second-order valence-electron chi connectivity index (χ2n) is 4.17. The van der Waals surface area contributed by atoms with Crippen LogP contribution in [0.5, 0.6) is 0 Å². The van der Waals surface area contributed by atoms with Crippen LogP contribution in [0.15, 0.2) is 0 Å². The van der Waals surface area contributed by atoms with E-state index in [1.165, 1.54) is 6.42 Å². The maximum absolute atomic E-state index is 5.25. The quantitative estimate of drug-likeness (QED) is 0.514. The maximum Gasteiger partial charge on any atom is 0.0172 e. The van der Waals surface area contributed by atoms with E-state index in [4.69, 9.17) is 6.42 Å². The molecule has 0 radical (unpaired) electrons. The average molecular weight is 138 g/mol. The van der Waals surface area contributed by atoms with Crippen molar-refractivity contribution in [3.63, 3.8) is 0 Å². The summed E-state index contributed by atoms with van der Waals surface area (Å²) in [7, 11) is 0. The van der Waals surface area contributed by atoms with Crippen LogP contribution in [0.4, 0.5) is 0 Å². The molecule has 0 spiro atoms. The topological polar surface area (TPSA) is 0 Å². The number of terminal acetylenes is 1. The molecular weight excluding hydrogens is 120 g/mol. The summed E-state index contributed by atoms with van der Waals surface area (Å²) in [6.45, 7) is 8.84. The summed E-state index contributed by atoms with van der Waals surface area (Å²) in [4.78, 5) is 0. The van der Waals surface area contributed by atoms with Gasteiger partial charge in [-0.1, -0.05) is 27.7 Å². The molecular formula is C10H18. The molecule has 1 unspecified atom stereocenters. The molecule has 58 valence electrons. The first kappa shape index (κ1) is 9.56. The molecule has 0 aliphatic carbocycles. The van der Waals surface area contributed by atoms with Gasteiger partial charge in [-0.05, 0) is 18.3 Å². The van der Waals surface area contributed by atoms with Crippen LogP contribution in [0.3, 0.4) is 0 Å². The van der Waals surface area contributed by atoms with Gasteiger partial charge in [0.2, 0.25) is 0 Å². The second kappa shape index (κ2) is 3.66. The fraction of sp³-hybridized carbons (Fsp3) is 0.800. The van der Waals surface area contributed by atoms with Gasteiger partial charge in [-0.2, -0.15) is 0 Å². The smallest absolute Gasteiger partial charge is 0.0172 e. The molecule has 10 heavy (non-hydrogen) atoms. The van der Waals surface area contributed by atoms with Crippen molar-refractivity contribution in [2.45, 2.75) is 40.5 Å². The van der Waals surface area contributed by atoms with Gasteiger partial charge in [0.25, 0.3) is 0 Å². The van der Waals surface area contributed by atoms with Crippen molar-refractivity contribution < 1.29 is 0 Å². The highest BCUT2D eigenvalue weighted by molar-refractivity contribution is 4.90. The number of rotatable bonds is 2. The predicted molar refractivity (Wildman–Crippen MR) is 46.7 cm³/mol. The van der Waals surface area contributed by atoms with Gasteiger partial charge in [0, 0.05) is 5.92 Å². The molecule has 0 N–H and O–H groups in total. The predicted octanol–water partition coefficient (Wildman–Crippen LogP) is 3.08. The highest BCUT2D eigenvalue weighted by Gasteiger charge is 2.10. The molecule has 0 aromatic heterocycles. The lowest BCUT2D eigenvalue weighted by Crippen LogP contribution is -2.06. The number of hydrogen-bond donors (Lipinski definition) is 0. The Morgan fingerprint density at radius 1 is 1.40 bits per heavy atom. The lowest BCUT2D eigenvalue weighted by atomic mass is 9.87. The third-order valence-corrected chi connectivity index (χ3v) is 1.61.